The first-order chi connectivity index (χ1) is 16.9. The van der Waals surface area contributed by atoms with E-state index in [4.69, 9.17) is 9.47 Å². The van der Waals surface area contributed by atoms with Gasteiger partial charge in [0.25, 0.3) is 5.91 Å². The molecule has 1 saturated heterocycles. The number of carbonyl (C=O) groups excluding carboxylic acids is 2. The molecule has 2 atom stereocenters. The predicted octanol–water partition coefficient (Wildman–Crippen LogP) is 2.75. The molecule has 1 aliphatic carbocycles. The van der Waals surface area contributed by atoms with Crippen LogP contribution in [0.3, 0.4) is 0 Å². The van der Waals surface area contributed by atoms with Gasteiger partial charge in [0.2, 0.25) is 0 Å². The Kier molecular flexibility index (Phi) is 5.96. The van der Waals surface area contributed by atoms with Crippen molar-refractivity contribution in [1.29, 1.82) is 0 Å². The Bertz CT molecular complexity index is 1260. The largest absolute Gasteiger partial charge is 0.479 e. The number of aryl methyl sites for hydroxylation is 1. The molecule has 0 spiro atoms. The number of hydrogen-bond acceptors (Lipinski definition) is 6. The van der Waals surface area contributed by atoms with E-state index in [0.717, 1.165) is 22.3 Å². The highest BCUT2D eigenvalue weighted by atomic mass is 16.5. The summed E-state index contributed by atoms with van der Waals surface area (Å²) in [5, 5.41) is 18.6. The summed E-state index contributed by atoms with van der Waals surface area (Å²) in [5.41, 5.74) is 4.52. The number of nitrogens with one attached hydrogen (secondary N) is 2. The molecule has 2 aliphatic rings. The molecule has 10 nitrogen and oxygen atoms in total. The third-order valence-electron chi connectivity index (χ3n) is 6.29. The van der Waals surface area contributed by atoms with E-state index >= 15 is 0 Å². The molecule has 1 aliphatic heterocycles. The van der Waals surface area contributed by atoms with E-state index in [1.54, 1.807) is 7.05 Å². The van der Waals surface area contributed by atoms with E-state index in [-0.39, 0.29) is 30.5 Å². The van der Waals surface area contributed by atoms with Gasteiger partial charge >= 0.3 is 12.1 Å². The molecule has 0 bridgehead atoms. The minimum Gasteiger partial charge on any atom is -0.479 e. The smallest absolute Gasteiger partial charge is 0.412 e. The van der Waals surface area contributed by atoms with Crippen LogP contribution >= 0.6 is 0 Å². The van der Waals surface area contributed by atoms with Crippen molar-refractivity contribution in [2.45, 2.75) is 24.5 Å². The molecule has 5 rings (SSSR count). The summed E-state index contributed by atoms with van der Waals surface area (Å²) in [6.45, 7) is 0.355. The fourth-order valence-corrected chi connectivity index (χ4v) is 4.71. The van der Waals surface area contributed by atoms with Gasteiger partial charge in [0.15, 0.2) is 11.9 Å². The molecule has 0 radical (unpaired) electrons. The summed E-state index contributed by atoms with van der Waals surface area (Å²) in [5.74, 6) is -1.78. The number of hydrogen-bond donors (Lipinski definition) is 3. The second kappa shape index (κ2) is 9.22. The maximum Gasteiger partial charge on any atom is 0.412 e. The van der Waals surface area contributed by atoms with Crippen molar-refractivity contribution in [2.75, 3.05) is 18.5 Å². The Hall–Kier alpha value is -4.18. The number of rotatable bonds is 6. The minimum absolute atomic E-state index is 0.0213. The highest BCUT2D eigenvalue weighted by molar-refractivity contribution is 6.01. The van der Waals surface area contributed by atoms with E-state index in [2.05, 4.69) is 27.9 Å². The molecule has 1 aromatic heterocycles. The lowest BCUT2D eigenvalue weighted by Gasteiger charge is -2.16. The number of nitrogens with zero attached hydrogens (tertiary/aromatic N) is 2. The Morgan fingerprint density at radius 2 is 1.77 bits per heavy atom. The molecule has 3 N–H and O–H groups in total. The molecule has 180 valence electrons. The van der Waals surface area contributed by atoms with Crippen molar-refractivity contribution < 1.29 is 29.0 Å². The van der Waals surface area contributed by atoms with Crippen molar-refractivity contribution in [2.24, 2.45) is 7.05 Å². The Labute approximate surface area is 200 Å². The van der Waals surface area contributed by atoms with Crippen LogP contribution in [0.1, 0.15) is 33.8 Å². The number of carboxylic acid groups (broad SMARTS) is 1. The first kappa shape index (κ1) is 22.6. The molecule has 1 fully saturated rings. The van der Waals surface area contributed by atoms with Gasteiger partial charge < -0.3 is 19.9 Å². The first-order valence-corrected chi connectivity index (χ1v) is 11.2. The van der Waals surface area contributed by atoms with Gasteiger partial charge in [-0.15, -0.1) is 0 Å². The lowest BCUT2D eigenvalue weighted by Crippen LogP contribution is -2.44. The molecule has 0 unspecified atom stereocenters. The number of aromatic nitrogens is 2. The zero-order valence-corrected chi connectivity index (χ0v) is 18.9. The zero-order valence-electron chi connectivity index (χ0n) is 18.9. The number of benzene rings is 2. The standard InChI is InChI=1S/C25H24N4O6/c1-29-12-18(23(30)26-20-10-11-34-21(20)24(31)32)22(28-29)27-25(33)35-13-19-16-8-4-2-6-14(16)15-7-3-5-9-17(15)19/h2-9,12,19-21H,10-11,13H2,1H3,(H,26,30)(H,31,32)(H,27,28,33)/t20-,21+/m1/s1. The predicted molar refractivity (Wildman–Crippen MR) is 125 cm³/mol. The van der Waals surface area contributed by atoms with E-state index < -0.39 is 30.1 Å². The van der Waals surface area contributed by atoms with Gasteiger partial charge in [0.1, 0.15) is 12.2 Å². The SMILES string of the molecule is Cn1cc(C(=O)N[C@@H]2CCO[C@@H]2C(=O)O)c(NC(=O)OCC2c3ccccc3-c3ccccc32)n1. The number of amides is 2. The van der Waals surface area contributed by atoms with Crippen molar-refractivity contribution >= 4 is 23.8 Å². The molecule has 35 heavy (non-hydrogen) atoms. The maximum absolute atomic E-state index is 12.8. The molecular formula is C25H24N4O6. The third kappa shape index (κ3) is 4.35. The van der Waals surface area contributed by atoms with Crippen LogP contribution in [0.25, 0.3) is 11.1 Å². The summed E-state index contributed by atoms with van der Waals surface area (Å²) in [4.78, 5) is 36.8. The monoisotopic (exact) mass is 476 g/mol. The lowest BCUT2D eigenvalue weighted by atomic mass is 9.98. The van der Waals surface area contributed by atoms with Crippen molar-refractivity contribution in [3.63, 3.8) is 0 Å². The number of anilines is 1. The first-order valence-electron chi connectivity index (χ1n) is 11.2. The van der Waals surface area contributed by atoms with Crippen LogP contribution in [0.15, 0.2) is 54.7 Å². The van der Waals surface area contributed by atoms with Gasteiger partial charge in [-0.3, -0.25) is 14.8 Å². The average molecular weight is 476 g/mol. The lowest BCUT2D eigenvalue weighted by molar-refractivity contribution is -0.148. The van der Waals surface area contributed by atoms with Gasteiger partial charge in [-0.05, 0) is 28.7 Å². The third-order valence-corrected chi connectivity index (χ3v) is 6.29. The van der Waals surface area contributed by atoms with Crippen molar-refractivity contribution in [1.82, 2.24) is 15.1 Å². The number of aliphatic carboxylic acids is 1. The van der Waals surface area contributed by atoms with E-state index in [9.17, 15) is 19.5 Å². The minimum atomic E-state index is -1.14. The Morgan fingerprint density at radius 1 is 1.11 bits per heavy atom. The number of carboxylic acids is 1. The Morgan fingerprint density at radius 3 is 2.43 bits per heavy atom. The average Bonchev–Trinajstić information content (AvgIpc) is 3.53. The number of fused-ring (bicyclic) bond motifs is 3. The van der Waals surface area contributed by atoms with Crippen LogP contribution in [0.5, 0.6) is 0 Å². The summed E-state index contributed by atoms with van der Waals surface area (Å²) >= 11 is 0. The van der Waals surface area contributed by atoms with E-state index in [0.29, 0.717) is 6.42 Å². The highest BCUT2D eigenvalue weighted by Gasteiger charge is 2.36. The number of carbonyl (C=O) groups is 3. The molecule has 10 heteroatoms. The molecular weight excluding hydrogens is 452 g/mol. The molecule has 3 aromatic rings. The summed E-state index contributed by atoms with van der Waals surface area (Å²) in [6.07, 6.45) is -0.0423. The van der Waals surface area contributed by atoms with Crippen LogP contribution in [0, 0.1) is 0 Å². The van der Waals surface area contributed by atoms with E-state index in [1.165, 1.54) is 10.9 Å². The Balaban J connectivity index is 1.26. The second-order valence-electron chi connectivity index (χ2n) is 8.51. The summed E-state index contributed by atoms with van der Waals surface area (Å²) in [7, 11) is 1.61. The van der Waals surface area contributed by atoms with Crippen LogP contribution in [0.2, 0.25) is 0 Å². The van der Waals surface area contributed by atoms with Gasteiger partial charge in [0.05, 0.1) is 6.04 Å². The van der Waals surface area contributed by atoms with Crippen LogP contribution < -0.4 is 10.6 Å². The molecule has 2 heterocycles. The molecule has 0 saturated carbocycles. The van der Waals surface area contributed by atoms with Gasteiger partial charge in [0, 0.05) is 25.8 Å². The molecule has 2 aromatic carbocycles. The van der Waals surface area contributed by atoms with Crippen LogP contribution in [-0.2, 0) is 21.3 Å². The van der Waals surface area contributed by atoms with Gasteiger partial charge in [-0.1, -0.05) is 48.5 Å². The quantitative estimate of drug-likeness (QED) is 0.498. The summed E-state index contributed by atoms with van der Waals surface area (Å²) in [6, 6.07) is 15.4. The fourth-order valence-electron chi connectivity index (χ4n) is 4.71. The molecule has 2 amide bonds. The van der Waals surface area contributed by atoms with Gasteiger partial charge in [-0.25, -0.2) is 9.59 Å². The summed E-state index contributed by atoms with van der Waals surface area (Å²) < 4.78 is 12.1. The topological polar surface area (TPSA) is 132 Å². The zero-order chi connectivity index (χ0) is 24.5. The van der Waals surface area contributed by atoms with Crippen LogP contribution in [0.4, 0.5) is 10.6 Å². The van der Waals surface area contributed by atoms with E-state index in [1.807, 2.05) is 36.4 Å². The van der Waals surface area contributed by atoms with Crippen LogP contribution in [-0.4, -0.2) is 58.2 Å². The van der Waals surface area contributed by atoms with Gasteiger partial charge in [-0.2, -0.15) is 5.10 Å². The maximum atomic E-state index is 12.8. The van der Waals surface area contributed by atoms with Crippen molar-refractivity contribution in [3.8, 4) is 11.1 Å². The normalized spacial score (nSPS) is 18.5. The second-order valence-corrected chi connectivity index (χ2v) is 8.51. The highest BCUT2D eigenvalue weighted by Crippen LogP contribution is 2.44. The van der Waals surface area contributed by atoms with Crippen molar-refractivity contribution in [3.05, 3.63) is 71.4 Å². The number of ether oxygens (including phenoxy) is 2. The fraction of sp³-hybridized carbons (Fsp3) is 0.280.